The summed E-state index contributed by atoms with van der Waals surface area (Å²) in [5, 5.41) is 3.41. The molecule has 0 aliphatic rings. The topological polar surface area (TPSA) is 24.9 Å². The van der Waals surface area contributed by atoms with Crippen LogP contribution in [0.15, 0.2) is 36.7 Å². The Bertz CT molecular complexity index is 514. The third-order valence-corrected chi connectivity index (χ3v) is 2.49. The molecule has 1 N–H and O–H groups in total. The number of nitrogens with zero attached hydrogens (tertiary/aromatic N) is 1. The van der Waals surface area contributed by atoms with E-state index in [-0.39, 0.29) is 5.82 Å². The van der Waals surface area contributed by atoms with E-state index in [1.54, 1.807) is 24.5 Å². The number of aromatic nitrogens is 1. The van der Waals surface area contributed by atoms with E-state index in [0.717, 1.165) is 5.56 Å². The zero-order chi connectivity index (χ0) is 11.5. The molecule has 0 aliphatic carbocycles. The first kappa shape index (κ1) is 10.9. The summed E-state index contributed by atoms with van der Waals surface area (Å²) in [6.07, 6.45) is 3.14. The van der Waals surface area contributed by atoms with Gasteiger partial charge in [0.2, 0.25) is 0 Å². The number of rotatable bonds is 2. The highest BCUT2D eigenvalue weighted by molar-refractivity contribution is 6.33. The third kappa shape index (κ3) is 2.31. The van der Waals surface area contributed by atoms with Crippen molar-refractivity contribution in [3.8, 4) is 0 Å². The molecular formula is C12H10ClFN2. The summed E-state index contributed by atoms with van der Waals surface area (Å²) in [6.45, 7) is 1.84. The molecule has 0 bridgehead atoms. The molecule has 1 heterocycles. The van der Waals surface area contributed by atoms with Crippen LogP contribution in [0.25, 0.3) is 0 Å². The molecule has 0 fully saturated rings. The van der Waals surface area contributed by atoms with Gasteiger partial charge in [-0.1, -0.05) is 17.7 Å². The van der Waals surface area contributed by atoms with Gasteiger partial charge in [-0.25, -0.2) is 4.39 Å². The minimum Gasteiger partial charge on any atom is -0.351 e. The molecule has 0 radical (unpaired) electrons. The van der Waals surface area contributed by atoms with Crippen molar-refractivity contribution >= 4 is 23.0 Å². The Morgan fingerprint density at radius 2 is 2.06 bits per heavy atom. The molecule has 2 aromatic rings. The van der Waals surface area contributed by atoms with Crippen molar-refractivity contribution in [2.75, 3.05) is 5.32 Å². The Hall–Kier alpha value is -1.61. The van der Waals surface area contributed by atoms with Gasteiger partial charge in [-0.3, -0.25) is 4.98 Å². The van der Waals surface area contributed by atoms with E-state index >= 15 is 0 Å². The lowest BCUT2D eigenvalue weighted by Gasteiger charge is -2.08. The standard InChI is InChI=1S/C12H10ClFN2/c1-8-2-3-11(10(14)6-8)16-12-7-15-5-4-9(12)13/h2-7,16H,1H3. The van der Waals surface area contributed by atoms with Gasteiger partial charge in [-0.05, 0) is 30.7 Å². The predicted molar refractivity (Wildman–Crippen MR) is 63.7 cm³/mol. The monoisotopic (exact) mass is 236 g/mol. The maximum Gasteiger partial charge on any atom is 0.146 e. The second-order valence-electron chi connectivity index (χ2n) is 3.46. The largest absolute Gasteiger partial charge is 0.351 e. The number of anilines is 2. The molecular weight excluding hydrogens is 227 g/mol. The Kier molecular flexibility index (Phi) is 3.06. The second-order valence-corrected chi connectivity index (χ2v) is 3.87. The van der Waals surface area contributed by atoms with E-state index in [2.05, 4.69) is 10.3 Å². The van der Waals surface area contributed by atoms with Crippen molar-refractivity contribution < 1.29 is 4.39 Å². The average molecular weight is 237 g/mol. The zero-order valence-corrected chi connectivity index (χ0v) is 9.42. The van der Waals surface area contributed by atoms with Gasteiger partial charge in [0.05, 0.1) is 22.6 Å². The van der Waals surface area contributed by atoms with Crippen LogP contribution in [-0.4, -0.2) is 4.98 Å². The Morgan fingerprint density at radius 3 is 2.75 bits per heavy atom. The summed E-state index contributed by atoms with van der Waals surface area (Å²) >= 11 is 5.93. The molecule has 2 rings (SSSR count). The molecule has 0 amide bonds. The van der Waals surface area contributed by atoms with E-state index in [9.17, 15) is 4.39 Å². The van der Waals surface area contributed by atoms with Crippen LogP contribution in [-0.2, 0) is 0 Å². The predicted octanol–water partition coefficient (Wildman–Crippen LogP) is 3.93. The molecule has 1 aromatic carbocycles. The van der Waals surface area contributed by atoms with Crippen molar-refractivity contribution in [2.24, 2.45) is 0 Å². The molecule has 4 heteroatoms. The van der Waals surface area contributed by atoms with Crippen LogP contribution in [0.5, 0.6) is 0 Å². The molecule has 2 nitrogen and oxygen atoms in total. The van der Waals surface area contributed by atoms with Crippen molar-refractivity contribution in [1.29, 1.82) is 0 Å². The molecule has 1 aromatic heterocycles. The van der Waals surface area contributed by atoms with E-state index in [1.807, 2.05) is 13.0 Å². The first-order valence-corrected chi connectivity index (χ1v) is 5.17. The van der Waals surface area contributed by atoms with Crippen molar-refractivity contribution in [3.05, 3.63) is 53.1 Å². The molecule has 0 unspecified atom stereocenters. The maximum absolute atomic E-state index is 13.5. The minimum absolute atomic E-state index is 0.306. The summed E-state index contributed by atoms with van der Waals surface area (Å²) in [6, 6.07) is 6.62. The molecule has 0 atom stereocenters. The minimum atomic E-state index is -0.306. The van der Waals surface area contributed by atoms with Crippen LogP contribution in [0, 0.1) is 12.7 Å². The average Bonchev–Trinajstić information content (AvgIpc) is 2.25. The van der Waals surface area contributed by atoms with Gasteiger partial charge in [0.25, 0.3) is 0 Å². The smallest absolute Gasteiger partial charge is 0.146 e. The third-order valence-electron chi connectivity index (χ3n) is 2.16. The summed E-state index contributed by atoms with van der Waals surface area (Å²) < 4.78 is 13.5. The van der Waals surface area contributed by atoms with Crippen LogP contribution >= 0.6 is 11.6 Å². The number of benzene rings is 1. The number of hydrogen-bond acceptors (Lipinski definition) is 2. The maximum atomic E-state index is 13.5. The van der Waals surface area contributed by atoms with Gasteiger partial charge in [0, 0.05) is 6.20 Å². The summed E-state index contributed by atoms with van der Waals surface area (Å²) in [4.78, 5) is 3.92. The molecule has 0 saturated carbocycles. The zero-order valence-electron chi connectivity index (χ0n) is 8.67. The van der Waals surface area contributed by atoms with Crippen molar-refractivity contribution in [2.45, 2.75) is 6.92 Å². The number of pyridine rings is 1. The lowest BCUT2D eigenvalue weighted by molar-refractivity contribution is 0.630. The van der Waals surface area contributed by atoms with Gasteiger partial charge >= 0.3 is 0 Å². The molecule has 0 saturated heterocycles. The number of nitrogens with one attached hydrogen (secondary N) is 1. The van der Waals surface area contributed by atoms with E-state index in [0.29, 0.717) is 16.4 Å². The van der Waals surface area contributed by atoms with Gasteiger partial charge in [0.15, 0.2) is 0 Å². The van der Waals surface area contributed by atoms with Gasteiger partial charge < -0.3 is 5.32 Å². The lowest BCUT2D eigenvalue weighted by Crippen LogP contribution is -1.95. The fraction of sp³-hybridized carbons (Fsp3) is 0.0833. The van der Waals surface area contributed by atoms with Crippen LogP contribution in [0.3, 0.4) is 0 Å². The highest BCUT2D eigenvalue weighted by Gasteiger charge is 2.04. The van der Waals surface area contributed by atoms with E-state index in [4.69, 9.17) is 11.6 Å². The van der Waals surface area contributed by atoms with Crippen molar-refractivity contribution in [3.63, 3.8) is 0 Å². The second kappa shape index (κ2) is 4.49. The van der Waals surface area contributed by atoms with Crippen molar-refractivity contribution in [1.82, 2.24) is 4.98 Å². The first-order chi connectivity index (χ1) is 7.66. The summed E-state index contributed by atoms with van der Waals surface area (Å²) in [5.74, 6) is -0.306. The van der Waals surface area contributed by atoms with Crippen LogP contribution in [0.2, 0.25) is 5.02 Å². The molecule has 0 aliphatic heterocycles. The first-order valence-electron chi connectivity index (χ1n) is 4.79. The Labute approximate surface area is 98.1 Å². The summed E-state index contributed by atoms with van der Waals surface area (Å²) in [5.41, 5.74) is 1.85. The fourth-order valence-corrected chi connectivity index (χ4v) is 1.49. The number of hydrogen-bond donors (Lipinski definition) is 1. The Morgan fingerprint density at radius 1 is 1.25 bits per heavy atom. The van der Waals surface area contributed by atoms with Crippen LogP contribution < -0.4 is 5.32 Å². The highest BCUT2D eigenvalue weighted by Crippen LogP contribution is 2.25. The number of aryl methyl sites for hydroxylation is 1. The van der Waals surface area contributed by atoms with Crippen LogP contribution in [0.4, 0.5) is 15.8 Å². The van der Waals surface area contributed by atoms with Crippen LogP contribution in [0.1, 0.15) is 5.56 Å². The highest BCUT2D eigenvalue weighted by atomic mass is 35.5. The Balaban J connectivity index is 2.31. The van der Waals surface area contributed by atoms with Gasteiger partial charge in [-0.2, -0.15) is 0 Å². The fourth-order valence-electron chi connectivity index (χ4n) is 1.34. The SMILES string of the molecule is Cc1ccc(Nc2cnccc2Cl)c(F)c1. The van der Waals surface area contributed by atoms with Gasteiger partial charge in [-0.15, -0.1) is 0 Å². The normalized spacial score (nSPS) is 10.2. The van der Waals surface area contributed by atoms with Gasteiger partial charge in [0.1, 0.15) is 5.82 Å². The molecule has 82 valence electrons. The number of halogens is 2. The quantitative estimate of drug-likeness (QED) is 0.855. The van der Waals surface area contributed by atoms with E-state index in [1.165, 1.54) is 6.07 Å². The lowest BCUT2D eigenvalue weighted by atomic mass is 10.2. The summed E-state index contributed by atoms with van der Waals surface area (Å²) in [7, 11) is 0. The molecule has 16 heavy (non-hydrogen) atoms. The molecule has 0 spiro atoms. The van der Waals surface area contributed by atoms with E-state index < -0.39 is 0 Å².